The molecule has 0 saturated carbocycles. The number of carbonyl (C=O) groups is 1. The summed E-state index contributed by atoms with van der Waals surface area (Å²) >= 11 is 0. The van der Waals surface area contributed by atoms with Crippen molar-refractivity contribution in [3.63, 3.8) is 0 Å². The Kier molecular flexibility index (Phi) is 3.47. The molecule has 1 heterocycles. The molecule has 0 aliphatic rings. The standard InChI is InChI=1S/C12H10F3N3O2/c1-2-20-10(19)6-3-4-8-7(5-6)9(16)18-11(17-8)12(13,14)15/h3-5H,2H2,1H3,(H2,16,17,18). The van der Waals surface area contributed by atoms with Crippen LogP contribution in [-0.4, -0.2) is 22.5 Å². The van der Waals surface area contributed by atoms with Crippen molar-refractivity contribution >= 4 is 22.7 Å². The van der Waals surface area contributed by atoms with E-state index in [4.69, 9.17) is 10.5 Å². The molecular formula is C12H10F3N3O2. The van der Waals surface area contributed by atoms with Crippen molar-refractivity contribution in [1.82, 2.24) is 9.97 Å². The van der Waals surface area contributed by atoms with E-state index in [1.54, 1.807) is 6.92 Å². The second-order valence-electron chi connectivity index (χ2n) is 3.88. The first kappa shape index (κ1) is 14.0. The number of ether oxygens (including phenoxy) is 1. The molecule has 0 unspecified atom stereocenters. The van der Waals surface area contributed by atoms with Crippen LogP contribution in [0.2, 0.25) is 0 Å². The summed E-state index contributed by atoms with van der Waals surface area (Å²) in [6.45, 7) is 1.84. The predicted octanol–water partition coefficient (Wildman–Crippen LogP) is 2.41. The van der Waals surface area contributed by atoms with Crippen LogP contribution >= 0.6 is 0 Å². The Labute approximate surface area is 111 Å². The number of fused-ring (bicyclic) bond motifs is 1. The molecule has 106 valence electrons. The number of aromatic nitrogens is 2. The van der Waals surface area contributed by atoms with Gasteiger partial charge in [0.05, 0.1) is 17.7 Å². The van der Waals surface area contributed by atoms with E-state index in [0.29, 0.717) is 0 Å². The molecule has 0 spiro atoms. The minimum absolute atomic E-state index is 0.0119. The van der Waals surface area contributed by atoms with Crippen LogP contribution in [0.3, 0.4) is 0 Å². The number of nitrogens with zero attached hydrogens (tertiary/aromatic N) is 2. The van der Waals surface area contributed by atoms with E-state index < -0.39 is 18.0 Å². The minimum Gasteiger partial charge on any atom is -0.462 e. The zero-order chi connectivity index (χ0) is 14.9. The number of nitrogens with two attached hydrogens (primary N) is 1. The lowest BCUT2D eigenvalue weighted by Crippen LogP contribution is -2.13. The average Bonchev–Trinajstić information content (AvgIpc) is 2.37. The number of hydrogen-bond donors (Lipinski definition) is 1. The molecule has 0 amide bonds. The van der Waals surface area contributed by atoms with Crippen LogP contribution in [0.4, 0.5) is 19.0 Å². The molecule has 1 aromatic carbocycles. The molecule has 0 aliphatic carbocycles. The summed E-state index contributed by atoms with van der Waals surface area (Å²) in [5, 5.41) is 0.170. The van der Waals surface area contributed by atoms with Gasteiger partial charge in [-0.2, -0.15) is 13.2 Å². The van der Waals surface area contributed by atoms with Crippen LogP contribution in [0.5, 0.6) is 0 Å². The smallest absolute Gasteiger partial charge is 0.451 e. The molecule has 2 aromatic rings. The number of benzene rings is 1. The number of rotatable bonds is 2. The maximum atomic E-state index is 12.5. The topological polar surface area (TPSA) is 78.1 Å². The van der Waals surface area contributed by atoms with Gasteiger partial charge in [0.25, 0.3) is 0 Å². The van der Waals surface area contributed by atoms with Crippen LogP contribution < -0.4 is 5.73 Å². The van der Waals surface area contributed by atoms with Gasteiger partial charge in [0.15, 0.2) is 0 Å². The number of anilines is 1. The number of esters is 1. The largest absolute Gasteiger partial charge is 0.462 e. The van der Waals surface area contributed by atoms with E-state index in [0.717, 1.165) is 0 Å². The molecule has 1 aromatic heterocycles. The van der Waals surface area contributed by atoms with Gasteiger partial charge < -0.3 is 10.5 Å². The van der Waals surface area contributed by atoms with Gasteiger partial charge in [-0.25, -0.2) is 14.8 Å². The Bertz CT molecular complexity index is 671. The summed E-state index contributed by atoms with van der Waals surface area (Å²) < 4.78 is 42.4. The van der Waals surface area contributed by atoms with Gasteiger partial charge in [0, 0.05) is 5.39 Å². The molecule has 2 N–H and O–H groups in total. The molecule has 20 heavy (non-hydrogen) atoms. The molecule has 0 fully saturated rings. The first-order valence-electron chi connectivity index (χ1n) is 5.64. The van der Waals surface area contributed by atoms with Crippen molar-refractivity contribution in [3.8, 4) is 0 Å². The fourth-order valence-electron chi connectivity index (χ4n) is 1.62. The first-order chi connectivity index (χ1) is 9.32. The second kappa shape index (κ2) is 4.95. The van der Waals surface area contributed by atoms with E-state index in [2.05, 4.69) is 9.97 Å². The van der Waals surface area contributed by atoms with Gasteiger partial charge >= 0.3 is 12.1 Å². The third kappa shape index (κ3) is 2.63. The lowest BCUT2D eigenvalue weighted by molar-refractivity contribution is -0.144. The van der Waals surface area contributed by atoms with E-state index in [9.17, 15) is 18.0 Å². The van der Waals surface area contributed by atoms with Gasteiger partial charge in [-0.05, 0) is 25.1 Å². The predicted molar refractivity (Wildman–Crippen MR) is 64.9 cm³/mol. The summed E-state index contributed by atoms with van der Waals surface area (Å²) in [6, 6.07) is 3.91. The maximum absolute atomic E-state index is 12.5. The Morgan fingerprint density at radius 1 is 1.35 bits per heavy atom. The van der Waals surface area contributed by atoms with Gasteiger partial charge in [-0.1, -0.05) is 0 Å². The zero-order valence-electron chi connectivity index (χ0n) is 10.4. The van der Waals surface area contributed by atoms with Crippen molar-refractivity contribution in [2.75, 3.05) is 12.3 Å². The maximum Gasteiger partial charge on any atom is 0.451 e. The molecule has 0 radical (unpaired) electrons. The van der Waals surface area contributed by atoms with Gasteiger partial charge in [-0.3, -0.25) is 0 Å². The van der Waals surface area contributed by atoms with Gasteiger partial charge in [0.1, 0.15) is 5.82 Å². The third-order valence-electron chi connectivity index (χ3n) is 2.49. The number of hydrogen-bond acceptors (Lipinski definition) is 5. The van der Waals surface area contributed by atoms with Crippen molar-refractivity contribution in [3.05, 3.63) is 29.6 Å². The lowest BCUT2D eigenvalue weighted by Gasteiger charge is -2.09. The normalized spacial score (nSPS) is 11.6. The van der Waals surface area contributed by atoms with Crippen molar-refractivity contribution in [2.24, 2.45) is 0 Å². The molecule has 0 atom stereocenters. The SMILES string of the molecule is CCOC(=O)c1ccc2nc(C(F)(F)F)nc(N)c2c1. The molecule has 0 saturated heterocycles. The second-order valence-corrected chi connectivity index (χ2v) is 3.88. The fraction of sp³-hybridized carbons (Fsp3) is 0.250. The average molecular weight is 285 g/mol. The number of halogens is 3. The van der Waals surface area contributed by atoms with Crippen LogP contribution in [0.25, 0.3) is 10.9 Å². The Morgan fingerprint density at radius 3 is 2.65 bits per heavy atom. The molecule has 2 rings (SSSR count). The third-order valence-corrected chi connectivity index (χ3v) is 2.49. The zero-order valence-corrected chi connectivity index (χ0v) is 10.4. The molecule has 5 nitrogen and oxygen atoms in total. The Hall–Kier alpha value is -2.38. The monoisotopic (exact) mass is 285 g/mol. The molecule has 0 bridgehead atoms. The highest BCUT2D eigenvalue weighted by Crippen LogP contribution is 2.29. The van der Waals surface area contributed by atoms with E-state index in [1.807, 2.05) is 0 Å². The number of carbonyl (C=O) groups excluding carboxylic acids is 1. The summed E-state index contributed by atoms with van der Waals surface area (Å²) in [4.78, 5) is 18.1. The van der Waals surface area contributed by atoms with Crippen LogP contribution in [-0.2, 0) is 10.9 Å². The van der Waals surface area contributed by atoms with Crippen LogP contribution in [0.1, 0.15) is 23.1 Å². The van der Waals surface area contributed by atoms with E-state index >= 15 is 0 Å². The minimum atomic E-state index is -4.68. The highest BCUT2D eigenvalue weighted by atomic mass is 19.4. The van der Waals surface area contributed by atoms with Gasteiger partial charge in [0.2, 0.25) is 5.82 Å². The number of nitrogen functional groups attached to an aromatic ring is 1. The first-order valence-corrected chi connectivity index (χ1v) is 5.64. The van der Waals surface area contributed by atoms with Crippen LogP contribution in [0.15, 0.2) is 18.2 Å². The summed E-state index contributed by atoms with van der Waals surface area (Å²) in [6.07, 6.45) is -4.68. The van der Waals surface area contributed by atoms with E-state index in [1.165, 1.54) is 18.2 Å². The number of alkyl halides is 3. The van der Waals surface area contributed by atoms with Crippen molar-refractivity contribution < 1.29 is 22.7 Å². The summed E-state index contributed by atoms with van der Waals surface area (Å²) in [5.41, 5.74) is 5.68. The quantitative estimate of drug-likeness (QED) is 0.857. The highest BCUT2D eigenvalue weighted by molar-refractivity contribution is 5.97. The molecule has 0 aliphatic heterocycles. The summed E-state index contributed by atoms with van der Waals surface area (Å²) in [5.74, 6) is -2.24. The molecular weight excluding hydrogens is 275 g/mol. The van der Waals surface area contributed by atoms with Crippen LogP contribution in [0, 0.1) is 0 Å². The molecule has 8 heteroatoms. The van der Waals surface area contributed by atoms with Crippen molar-refractivity contribution in [1.29, 1.82) is 0 Å². The highest BCUT2D eigenvalue weighted by Gasteiger charge is 2.35. The Morgan fingerprint density at radius 2 is 2.05 bits per heavy atom. The fourth-order valence-corrected chi connectivity index (χ4v) is 1.62. The lowest BCUT2D eigenvalue weighted by atomic mass is 10.1. The summed E-state index contributed by atoms with van der Waals surface area (Å²) in [7, 11) is 0. The van der Waals surface area contributed by atoms with E-state index in [-0.39, 0.29) is 28.9 Å². The van der Waals surface area contributed by atoms with Gasteiger partial charge in [-0.15, -0.1) is 0 Å². The Balaban J connectivity index is 2.55. The van der Waals surface area contributed by atoms with Crippen molar-refractivity contribution in [2.45, 2.75) is 13.1 Å².